The van der Waals surface area contributed by atoms with Gasteiger partial charge in [-0.25, -0.2) is 12.8 Å². The Morgan fingerprint density at radius 2 is 1.65 bits per heavy atom. The first-order chi connectivity index (χ1) is 14.9. The number of ketones is 1. The van der Waals surface area contributed by atoms with Crippen LogP contribution >= 0.6 is 0 Å². The van der Waals surface area contributed by atoms with Crippen LogP contribution < -0.4 is 14.4 Å². The van der Waals surface area contributed by atoms with E-state index in [1.807, 2.05) is 0 Å². The Morgan fingerprint density at radius 1 is 0.903 bits per heavy atom. The lowest BCUT2D eigenvalue weighted by Gasteiger charge is -2.28. The van der Waals surface area contributed by atoms with Crippen LogP contribution in [0.25, 0.3) is 0 Å². The molecule has 3 aromatic rings. The molecule has 0 unspecified atom stereocenters. The van der Waals surface area contributed by atoms with Crippen LogP contribution in [0.5, 0.6) is 11.5 Å². The molecule has 0 aliphatic carbocycles. The average molecular weight is 439 g/mol. The number of nitrogens with zero attached hydrogens (tertiary/aromatic N) is 1. The molecule has 0 saturated heterocycles. The summed E-state index contributed by atoms with van der Waals surface area (Å²) in [5.41, 5.74) is 0.836. The fourth-order valence-corrected chi connectivity index (χ4v) is 4.94. The van der Waals surface area contributed by atoms with Crippen LogP contribution in [0.4, 0.5) is 15.8 Å². The van der Waals surface area contributed by atoms with Gasteiger partial charge in [0.15, 0.2) is 11.5 Å². The molecule has 4 rings (SSSR count). The number of carbonyl (C=O) groups excluding carboxylic acids is 1. The molecular weight excluding hydrogens is 421 g/mol. The van der Waals surface area contributed by atoms with Crippen LogP contribution in [0.1, 0.15) is 10.4 Å². The first-order valence-corrected chi connectivity index (χ1v) is 10.7. The van der Waals surface area contributed by atoms with Gasteiger partial charge in [0.2, 0.25) is 15.6 Å². The van der Waals surface area contributed by atoms with E-state index in [1.165, 1.54) is 67.8 Å². The van der Waals surface area contributed by atoms with Crippen molar-refractivity contribution in [1.29, 1.82) is 0 Å². The lowest BCUT2D eigenvalue weighted by Crippen LogP contribution is -2.25. The molecule has 158 valence electrons. The lowest BCUT2D eigenvalue weighted by molar-refractivity contribution is 0.104. The predicted molar refractivity (Wildman–Crippen MR) is 114 cm³/mol. The molecule has 0 atom stereocenters. The maximum absolute atomic E-state index is 13.9. The molecule has 3 aromatic carbocycles. The maximum atomic E-state index is 13.9. The summed E-state index contributed by atoms with van der Waals surface area (Å²) < 4.78 is 50.9. The first-order valence-electron chi connectivity index (χ1n) is 9.24. The fraction of sp³-hybridized carbons (Fsp3) is 0.0870. The van der Waals surface area contributed by atoms with E-state index in [9.17, 15) is 17.6 Å². The number of carbonyl (C=O) groups is 1. The number of methoxy groups -OCH3 is 2. The molecule has 8 heteroatoms. The molecule has 0 aromatic heterocycles. The zero-order valence-corrected chi connectivity index (χ0v) is 17.5. The van der Waals surface area contributed by atoms with Gasteiger partial charge in [-0.1, -0.05) is 18.2 Å². The maximum Gasteiger partial charge on any atom is 0.214 e. The highest BCUT2D eigenvalue weighted by molar-refractivity contribution is 7.96. The van der Waals surface area contributed by atoms with Crippen molar-refractivity contribution >= 4 is 27.0 Å². The number of halogens is 1. The Kier molecular flexibility index (Phi) is 5.24. The average Bonchev–Trinajstić information content (AvgIpc) is 2.78. The van der Waals surface area contributed by atoms with Crippen molar-refractivity contribution in [3.05, 3.63) is 89.2 Å². The number of rotatable bonds is 5. The van der Waals surface area contributed by atoms with E-state index in [0.717, 1.165) is 0 Å². The minimum Gasteiger partial charge on any atom is -0.493 e. The Labute approximate surface area is 179 Å². The third kappa shape index (κ3) is 3.55. The number of hydrogen-bond acceptors (Lipinski definition) is 6. The van der Waals surface area contributed by atoms with Gasteiger partial charge in [-0.05, 0) is 48.5 Å². The molecule has 1 aliphatic heterocycles. The molecule has 1 heterocycles. The number of fused-ring (bicyclic) bond motifs is 1. The zero-order chi connectivity index (χ0) is 22.2. The monoisotopic (exact) mass is 439 g/mol. The van der Waals surface area contributed by atoms with Gasteiger partial charge in [0.25, 0.3) is 0 Å². The Hall–Kier alpha value is -3.65. The summed E-state index contributed by atoms with van der Waals surface area (Å²) >= 11 is 0. The first kappa shape index (κ1) is 20.6. The molecule has 0 N–H and O–H groups in total. The van der Waals surface area contributed by atoms with Gasteiger partial charge in [0.05, 0.1) is 24.8 Å². The van der Waals surface area contributed by atoms with Gasteiger partial charge >= 0.3 is 0 Å². The second kappa shape index (κ2) is 7.88. The Balaban J connectivity index is 1.89. The van der Waals surface area contributed by atoms with Crippen LogP contribution in [-0.2, 0) is 9.84 Å². The number of benzene rings is 3. The highest BCUT2D eigenvalue weighted by atomic mass is 32.2. The van der Waals surface area contributed by atoms with Gasteiger partial charge in [-0.3, -0.25) is 4.79 Å². The molecule has 0 saturated carbocycles. The molecule has 31 heavy (non-hydrogen) atoms. The van der Waals surface area contributed by atoms with Crippen molar-refractivity contribution in [3.8, 4) is 11.5 Å². The summed E-state index contributed by atoms with van der Waals surface area (Å²) in [5, 5.41) is 0. The highest BCUT2D eigenvalue weighted by Gasteiger charge is 2.36. The smallest absolute Gasteiger partial charge is 0.214 e. The third-order valence-corrected chi connectivity index (χ3v) is 6.70. The van der Waals surface area contributed by atoms with Crippen molar-refractivity contribution in [2.75, 3.05) is 19.1 Å². The predicted octanol–water partition coefficient (Wildman–Crippen LogP) is 4.49. The Bertz CT molecular complexity index is 1320. The number of allylic oxidation sites excluding steroid dienone is 1. The van der Waals surface area contributed by atoms with E-state index in [2.05, 4.69) is 0 Å². The van der Waals surface area contributed by atoms with Gasteiger partial charge in [0.1, 0.15) is 10.7 Å². The third-order valence-electron chi connectivity index (χ3n) is 4.91. The van der Waals surface area contributed by atoms with E-state index in [1.54, 1.807) is 24.3 Å². The van der Waals surface area contributed by atoms with Crippen molar-refractivity contribution in [3.63, 3.8) is 0 Å². The number of sulfone groups is 1. The summed E-state index contributed by atoms with van der Waals surface area (Å²) in [4.78, 5) is 14.3. The second-order valence-corrected chi connectivity index (χ2v) is 8.60. The number of Topliss-reactive ketones (excluding diaryl/α,β-unsaturated/α-hetero) is 1. The van der Waals surface area contributed by atoms with Gasteiger partial charge in [0, 0.05) is 17.5 Å². The minimum atomic E-state index is -4.11. The van der Waals surface area contributed by atoms with Crippen molar-refractivity contribution in [2.45, 2.75) is 4.90 Å². The Morgan fingerprint density at radius 3 is 2.35 bits per heavy atom. The standard InChI is InChI=1S/C23H18FNO5S/c1-29-19-11-10-15(12-20(19)30-2)23(26)22-14-25(17-7-5-6-16(24)13-17)18-8-3-4-9-21(18)31(22,27)28/h3-14H,1-2H3. The molecule has 0 bridgehead atoms. The van der Waals surface area contributed by atoms with E-state index in [0.29, 0.717) is 22.9 Å². The minimum absolute atomic E-state index is 0.0365. The van der Waals surface area contributed by atoms with Crippen molar-refractivity contribution < 1.29 is 27.1 Å². The molecule has 6 nitrogen and oxygen atoms in total. The molecular formula is C23H18FNO5S. The van der Waals surface area contributed by atoms with E-state index in [4.69, 9.17) is 9.47 Å². The normalized spacial score (nSPS) is 14.4. The summed E-state index contributed by atoms with van der Waals surface area (Å²) in [7, 11) is -1.23. The van der Waals surface area contributed by atoms with Crippen LogP contribution in [0.3, 0.4) is 0 Å². The largest absolute Gasteiger partial charge is 0.493 e. The van der Waals surface area contributed by atoms with Gasteiger partial charge in [-0.2, -0.15) is 0 Å². The SMILES string of the molecule is COc1ccc(C(=O)C2=CN(c3cccc(F)c3)c3ccccc3S2(=O)=O)cc1OC. The van der Waals surface area contributed by atoms with E-state index >= 15 is 0 Å². The molecule has 0 spiro atoms. The summed E-state index contributed by atoms with van der Waals surface area (Å²) in [6.45, 7) is 0. The van der Waals surface area contributed by atoms with Crippen molar-refractivity contribution in [2.24, 2.45) is 0 Å². The fourth-order valence-electron chi connectivity index (χ4n) is 3.40. The molecule has 1 aliphatic rings. The van der Waals surface area contributed by atoms with Gasteiger partial charge in [-0.15, -0.1) is 0 Å². The number of ether oxygens (including phenoxy) is 2. The molecule has 0 amide bonds. The summed E-state index contributed by atoms with van der Waals surface area (Å²) in [5.74, 6) is -0.489. The van der Waals surface area contributed by atoms with Crippen LogP contribution in [-0.4, -0.2) is 28.4 Å². The molecule has 0 radical (unpaired) electrons. The second-order valence-electron chi connectivity index (χ2n) is 6.71. The van der Waals surface area contributed by atoms with Crippen LogP contribution in [0, 0.1) is 5.82 Å². The topological polar surface area (TPSA) is 72.9 Å². The molecule has 0 fully saturated rings. The van der Waals surface area contributed by atoms with Crippen molar-refractivity contribution in [1.82, 2.24) is 0 Å². The van der Waals surface area contributed by atoms with E-state index < -0.39 is 26.3 Å². The summed E-state index contributed by atoms with van der Waals surface area (Å²) in [6, 6.07) is 16.4. The van der Waals surface area contributed by atoms with Gasteiger partial charge < -0.3 is 14.4 Å². The zero-order valence-electron chi connectivity index (χ0n) is 16.7. The lowest BCUT2D eigenvalue weighted by atomic mass is 10.1. The highest BCUT2D eigenvalue weighted by Crippen LogP contribution is 2.40. The number of para-hydroxylation sites is 1. The number of anilines is 2. The number of hydrogen-bond donors (Lipinski definition) is 0. The quantitative estimate of drug-likeness (QED) is 0.546. The summed E-state index contributed by atoms with van der Waals surface area (Å²) in [6.07, 6.45) is 1.23. The van der Waals surface area contributed by atoms with E-state index in [-0.39, 0.29) is 10.5 Å². The van der Waals surface area contributed by atoms with Crippen LogP contribution in [0.2, 0.25) is 0 Å². The van der Waals surface area contributed by atoms with Crippen LogP contribution in [0.15, 0.2) is 82.7 Å².